The molecule has 0 aliphatic carbocycles. The maximum Gasteiger partial charge on any atom is 0.220 e. The molecule has 0 spiro atoms. The summed E-state index contributed by atoms with van der Waals surface area (Å²) in [6.07, 6.45) is 1.12. The first kappa shape index (κ1) is 16.6. The Morgan fingerprint density at radius 2 is 2.14 bits per heavy atom. The summed E-state index contributed by atoms with van der Waals surface area (Å²) in [6.45, 7) is 4.34. The van der Waals surface area contributed by atoms with E-state index in [1.54, 1.807) is 23.9 Å². The van der Waals surface area contributed by atoms with Crippen molar-refractivity contribution < 1.29 is 14.3 Å². The van der Waals surface area contributed by atoms with Crippen LogP contribution in [0.3, 0.4) is 0 Å². The molecular formula is C17H21NO3S. The molecule has 118 valence electrons. The molecule has 0 radical (unpaired) electrons. The predicted octanol–water partition coefficient (Wildman–Crippen LogP) is 3.23. The van der Waals surface area contributed by atoms with Crippen LogP contribution in [0.15, 0.2) is 45.9 Å². The third-order valence-electron chi connectivity index (χ3n) is 3.44. The molecule has 1 aromatic carbocycles. The maximum absolute atomic E-state index is 11.8. The second-order valence-electron chi connectivity index (χ2n) is 5.18. The Labute approximate surface area is 134 Å². The van der Waals surface area contributed by atoms with Gasteiger partial charge in [0.2, 0.25) is 5.91 Å². The zero-order chi connectivity index (χ0) is 15.9. The van der Waals surface area contributed by atoms with E-state index in [1.807, 2.05) is 0 Å². The minimum Gasteiger partial charge on any atom is -0.467 e. The fourth-order valence-electron chi connectivity index (χ4n) is 1.95. The molecule has 22 heavy (non-hydrogen) atoms. The summed E-state index contributed by atoms with van der Waals surface area (Å²) in [4.78, 5) is 12.9. The molecule has 0 fully saturated rings. The predicted molar refractivity (Wildman–Crippen MR) is 87.9 cm³/mol. The quantitative estimate of drug-likeness (QED) is 0.769. The summed E-state index contributed by atoms with van der Waals surface area (Å²) in [6, 6.07) is 9.70. The van der Waals surface area contributed by atoms with Gasteiger partial charge < -0.3 is 14.8 Å². The number of thioether (sulfide) groups is 1. The summed E-state index contributed by atoms with van der Waals surface area (Å²) >= 11 is 1.66. The van der Waals surface area contributed by atoms with Crippen LogP contribution in [-0.2, 0) is 4.79 Å². The van der Waals surface area contributed by atoms with Gasteiger partial charge in [0.25, 0.3) is 0 Å². The van der Waals surface area contributed by atoms with E-state index < -0.39 is 6.10 Å². The molecule has 4 nitrogen and oxygen atoms in total. The average Bonchev–Trinajstić information content (AvgIpc) is 3.03. The van der Waals surface area contributed by atoms with E-state index in [2.05, 4.69) is 37.4 Å². The van der Waals surface area contributed by atoms with Crippen molar-refractivity contribution in [2.75, 3.05) is 12.3 Å². The lowest BCUT2D eigenvalue weighted by atomic mass is 10.1. The largest absolute Gasteiger partial charge is 0.467 e. The highest BCUT2D eigenvalue weighted by molar-refractivity contribution is 7.99. The Hall–Kier alpha value is -1.72. The van der Waals surface area contributed by atoms with Gasteiger partial charge in [0, 0.05) is 17.1 Å². The van der Waals surface area contributed by atoms with E-state index in [1.165, 1.54) is 22.3 Å². The number of benzene rings is 1. The summed E-state index contributed by atoms with van der Waals surface area (Å²) in [5, 5.41) is 12.5. The molecule has 2 rings (SSSR count). The standard InChI is InChI=1S/C17H21NO3S/c1-12-5-6-14(10-13(12)2)22-9-7-17(20)18-11-15(19)16-4-3-8-21-16/h3-6,8,10,15,19H,7,9,11H2,1-2H3,(H,18,20). The molecule has 1 amide bonds. The van der Waals surface area contributed by atoms with Crippen LogP contribution in [0.2, 0.25) is 0 Å². The summed E-state index contributed by atoms with van der Waals surface area (Å²) in [5.41, 5.74) is 2.53. The lowest BCUT2D eigenvalue weighted by Gasteiger charge is -2.09. The number of carbonyl (C=O) groups is 1. The van der Waals surface area contributed by atoms with Crippen molar-refractivity contribution in [1.82, 2.24) is 5.32 Å². The van der Waals surface area contributed by atoms with Crippen LogP contribution in [0.4, 0.5) is 0 Å². The molecule has 1 heterocycles. The van der Waals surface area contributed by atoms with Gasteiger partial charge in [-0.2, -0.15) is 0 Å². The summed E-state index contributed by atoms with van der Waals surface area (Å²) < 4.78 is 5.08. The number of aliphatic hydroxyl groups is 1. The fourth-order valence-corrected chi connectivity index (χ4v) is 2.89. The first-order chi connectivity index (χ1) is 10.6. The minimum absolute atomic E-state index is 0.0676. The normalized spacial score (nSPS) is 12.1. The molecule has 1 aromatic heterocycles. The molecule has 2 aromatic rings. The molecule has 0 saturated heterocycles. The average molecular weight is 319 g/mol. The molecule has 0 aliphatic rings. The lowest BCUT2D eigenvalue weighted by molar-refractivity contribution is -0.121. The van der Waals surface area contributed by atoms with E-state index in [0.717, 1.165) is 0 Å². The molecule has 1 atom stereocenters. The molecule has 5 heteroatoms. The van der Waals surface area contributed by atoms with Crippen LogP contribution in [0.1, 0.15) is 29.4 Å². The van der Waals surface area contributed by atoms with Gasteiger partial charge in [-0.3, -0.25) is 4.79 Å². The number of amides is 1. The monoisotopic (exact) mass is 319 g/mol. The third-order valence-corrected chi connectivity index (χ3v) is 4.44. The van der Waals surface area contributed by atoms with Crippen molar-refractivity contribution in [3.63, 3.8) is 0 Å². The maximum atomic E-state index is 11.8. The minimum atomic E-state index is -0.800. The molecule has 1 unspecified atom stereocenters. The van der Waals surface area contributed by atoms with Crippen LogP contribution in [-0.4, -0.2) is 23.3 Å². The Kier molecular flexibility index (Phi) is 6.10. The summed E-state index contributed by atoms with van der Waals surface area (Å²) in [5.74, 6) is 1.11. The number of rotatable bonds is 7. The smallest absolute Gasteiger partial charge is 0.220 e. The number of hydrogen-bond donors (Lipinski definition) is 2. The number of carbonyl (C=O) groups excluding carboxylic acids is 1. The molecule has 2 N–H and O–H groups in total. The number of furan rings is 1. The zero-order valence-corrected chi connectivity index (χ0v) is 13.7. The van der Waals surface area contributed by atoms with Gasteiger partial charge in [-0.15, -0.1) is 11.8 Å². The zero-order valence-electron chi connectivity index (χ0n) is 12.8. The van der Waals surface area contributed by atoms with E-state index in [0.29, 0.717) is 17.9 Å². The number of hydrogen-bond acceptors (Lipinski definition) is 4. The van der Waals surface area contributed by atoms with Crippen molar-refractivity contribution >= 4 is 17.7 Å². The topological polar surface area (TPSA) is 62.5 Å². The van der Waals surface area contributed by atoms with Gasteiger partial charge in [0.15, 0.2) is 0 Å². The highest BCUT2D eigenvalue weighted by atomic mass is 32.2. The van der Waals surface area contributed by atoms with Gasteiger partial charge in [0.05, 0.1) is 12.8 Å². The van der Waals surface area contributed by atoms with Crippen molar-refractivity contribution in [1.29, 1.82) is 0 Å². The van der Waals surface area contributed by atoms with Crippen LogP contribution in [0.25, 0.3) is 0 Å². The molecule has 0 saturated carbocycles. The lowest BCUT2D eigenvalue weighted by Crippen LogP contribution is -2.28. The Balaban J connectivity index is 1.68. The Bertz CT molecular complexity index is 610. The van der Waals surface area contributed by atoms with Crippen LogP contribution >= 0.6 is 11.8 Å². The number of nitrogens with one attached hydrogen (secondary N) is 1. The summed E-state index contributed by atoms with van der Waals surface area (Å²) in [7, 11) is 0. The van der Waals surface area contributed by atoms with Gasteiger partial charge in [-0.05, 0) is 49.2 Å². The van der Waals surface area contributed by atoms with Gasteiger partial charge in [-0.1, -0.05) is 6.07 Å². The van der Waals surface area contributed by atoms with E-state index in [4.69, 9.17) is 4.42 Å². The molecule has 0 bridgehead atoms. The number of aryl methyl sites for hydroxylation is 2. The molecular weight excluding hydrogens is 298 g/mol. The van der Waals surface area contributed by atoms with Crippen LogP contribution < -0.4 is 5.32 Å². The van der Waals surface area contributed by atoms with Crippen molar-refractivity contribution in [2.45, 2.75) is 31.3 Å². The van der Waals surface area contributed by atoms with Crippen LogP contribution in [0, 0.1) is 13.8 Å². The van der Waals surface area contributed by atoms with E-state index >= 15 is 0 Å². The van der Waals surface area contributed by atoms with E-state index in [9.17, 15) is 9.90 Å². The highest BCUT2D eigenvalue weighted by Crippen LogP contribution is 2.21. The van der Waals surface area contributed by atoms with Crippen molar-refractivity contribution in [3.05, 3.63) is 53.5 Å². The highest BCUT2D eigenvalue weighted by Gasteiger charge is 2.11. The molecule has 0 aliphatic heterocycles. The van der Waals surface area contributed by atoms with Gasteiger partial charge in [0.1, 0.15) is 11.9 Å². The fraction of sp³-hybridized carbons (Fsp3) is 0.353. The van der Waals surface area contributed by atoms with Crippen molar-refractivity contribution in [2.24, 2.45) is 0 Å². The Morgan fingerprint density at radius 3 is 2.82 bits per heavy atom. The second kappa shape index (κ2) is 8.06. The van der Waals surface area contributed by atoms with Gasteiger partial charge >= 0.3 is 0 Å². The first-order valence-electron chi connectivity index (χ1n) is 7.24. The second-order valence-corrected chi connectivity index (χ2v) is 6.35. The third kappa shape index (κ3) is 4.93. The van der Waals surface area contributed by atoms with Gasteiger partial charge in [-0.25, -0.2) is 0 Å². The van der Waals surface area contributed by atoms with Crippen LogP contribution in [0.5, 0.6) is 0 Å². The van der Waals surface area contributed by atoms with E-state index in [-0.39, 0.29) is 12.5 Å². The van der Waals surface area contributed by atoms with Crippen molar-refractivity contribution in [3.8, 4) is 0 Å². The Morgan fingerprint density at radius 1 is 1.32 bits per heavy atom. The first-order valence-corrected chi connectivity index (χ1v) is 8.23. The SMILES string of the molecule is Cc1ccc(SCCC(=O)NCC(O)c2ccco2)cc1C. The number of aliphatic hydroxyl groups excluding tert-OH is 1.